The zero-order chi connectivity index (χ0) is 25.1. The van der Waals surface area contributed by atoms with Gasteiger partial charge in [-0.1, -0.05) is 18.2 Å². The van der Waals surface area contributed by atoms with E-state index in [1.54, 1.807) is 37.4 Å². The van der Waals surface area contributed by atoms with Crippen molar-refractivity contribution in [3.05, 3.63) is 106 Å². The van der Waals surface area contributed by atoms with E-state index >= 15 is 0 Å². The molecular weight excluding hydrogens is 463 g/mol. The van der Waals surface area contributed by atoms with E-state index in [2.05, 4.69) is 10.3 Å². The highest BCUT2D eigenvalue weighted by Gasteiger charge is 2.15. The largest absolute Gasteiger partial charge is 0.497 e. The minimum Gasteiger partial charge on any atom is -0.497 e. The van der Waals surface area contributed by atoms with Crippen LogP contribution in [0.1, 0.15) is 21.7 Å². The predicted octanol–water partition coefficient (Wildman–Crippen LogP) is 4.97. The number of ether oxygens (including phenoxy) is 2. The number of aromatic nitrogens is 1. The van der Waals surface area contributed by atoms with Crippen LogP contribution in [-0.2, 0) is 13.0 Å². The summed E-state index contributed by atoms with van der Waals surface area (Å²) < 4.78 is 29.9. The van der Waals surface area contributed by atoms with Crippen molar-refractivity contribution in [1.82, 2.24) is 10.3 Å². The van der Waals surface area contributed by atoms with Crippen molar-refractivity contribution in [2.24, 2.45) is 0 Å². The minimum absolute atomic E-state index is 0.0798. The number of nitrogens with one attached hydrogen (secondary N) is 2. The number of benzene rings is 3. The van der Waals surface area contributed by atoms with E-state index in [4.69, 9.17) is 13.9 Å². The third kappa shape index (κ3) is 4.79. The van der Waals surface area contributed by atoms with Gasteiger partial charge in [-0.05, 0) is 60.0 Å². The molecule has 0 unspecified atom stereocenters. The van der Waals surface area contributed by atoms with Crippen LogP contribution in [0.15, 0.2) is 82.1 Å². The molecule has 5 aromatic rings. The van der Waals surface area contributed by atoms with Crippen LogP contribution in [0.4, 0.5) is 4.39 Å². The summed E-state index contributed by atoms with van der Waals surface area (Å²) >= 11 is 0. The number of aromatic amines is 1. The number of hydrogen-bond acceptors (Lipinski definition) is 5. The third-order valence-electron chi connectivity index (χ3n) is 5.90. The quantitative estimate of drug-likeness (QED) is 0.323. The second-order valence-electron chi connectivity index (χ2n) is 8.25. The molecule has 2 heterocycles. The van der Waals surface area contributed by atoms with E-state index in [9.17, 15) is 14.0 Å². The number of fused-ring (bicyclic) bond motifs is 2. The summed E-state index contributed by atoms with van der Waals surface area (Å²) in [6.07, 6.45) is 2.48. The number of carbonyl (C=O) groups excluding carboxylic acids is 1. The van der Waals surface area contributed by atoms with Gasteiger partial charge < -0.3 is 24.2 Å². The Kier molecular flexibility index (Phi) is 6.40. The number of H-pyrrole nitrogens is 1. The molecular formula is C28H23FN2O5. The molecule has 0 fully saturated rings. The van der Waals surface area contributed by atoms with E-state index < -0.39 is 5.91 Å². The summed E-state index contributed by atoms with van der Waals surface area (Å²) in [6.45, 7) is 0.506. The summed E-state index contributed by atoms with van der Waals surface area (Å²) in [7, 11) is 1.62. The molecule has 0 spiro atoms. The van der Waals surface area contributed by atoms with E-state index in [0.717, 1.165) is 27.8 Å². The number of amides is 1. The average molecular weight is 486 g/mol. The molecule has 7 nitrogen and oxygen atoms in total. The molecule has 182 valence electrons. The molecule has 0 saturated carbocycles. The lowest BCUT2D eigenvalue weighted by atomic mass is 10.1. The first-order valence-corrected chi connectivity index (χ1v) is 11.4. The number of methoxy groups -OCH3 is 1. The molecule has 36 heavy (non-hydrogen) atoms. The lowest BCUT2D eigenvalue weighted by molar-refractivity contribution is 0.0927. The number of halogens is 1. The maximum Gasteiger partial charge on any atom is 0.287 e. The van der Waals surface area contributed by atoms with Crippen molar-refractivity contribution in [1.29, 1.82) is 0 Å². The Bertz CT molecular complexity index is 1600. The van der Waals surface area contributed by atoms with Gasteiger partial charge >= 0.3 is 0 Å². The third-order valence-corrected chi connectivity index (χ3v) is 5.90. The Morgan fingerprint density at radius 1 is 1.08 bits per heavy atom. The molecule has 0 aliphatic carbocycles. The van der Waals surface area contributed by atoms with Gasteiger partial charge in [-0.3, -0.25) is 9.59 Å². The highest BCUT2D eigenvalue weighted by atomic mass is 19.1. The summed E-state index contributed by atoms with van der Waals surface area (Å²) in [5, 5.41) is 4.07. The zero-order valence-corrected chi connectivity index (χ0v) is 19.5. The predicted molar refractivity (Wildman–Crippen MR) is 134 cm³/mol. The maximum atomic E-state index is 13.1. The van der Waals surface area contributed by atoms with Gasteiger partial charge in [0.15, 0.2) is 11.2 Å². The van der Waals surface area contributed by atoms with Gasteiger partial charge in [0.05, 0.1) is 7.11 Å². The monoisotopic (exact) mass is 486 g/mol. The Morgan fingerprint density at radius 3 is 2.72 bits per heavy atom. The fourth-order valence-corrected chi connectivity index (χ4v) is 4.04. The van der Waals surface area contributed by atoms with Gasteiger partial charge in [0, 0.05) is 29.7 Å². The maximum absolute atomic E-state index is 13.1. The van der Waals surface area contributed by atoms with Crippen molar-refractivity contribution in [3.8, 4) is 11.5 Å². The fourth-order valence-electron chi connectivity index (χ4n) is 4.04. The van der Waals surface area contributed by atoms with Crippen LogP contribution in [0, 0.1) is 5.82 Å². The summed E-state index contributed by atoms with van der Waals surface area (Å²) in [5.74, 6) is 0.184. The van der Waals surface area contributed by atoms with Crippen molar-refractivity contribution < 1.29 is 23.1 Å². The van der Waals surface area contributed by atoms with Gasteiger partial charge in [0.25, 0.3) is 5.91 Å². The molecule has 0 atom stereocenters. The van der Waals surface area contributed by atoms with Crippen LogP contribution in [0.25, 0.3) is 21.9 Å². The van der Waals surface area contributed by atoms with Crippen LogP contribution in [0.3, 0.4) is 0 Å². The standard InChI is InChI=1S/C28H23FN2O5/c1-34-20-9-10-22-21(13-20)18(15-31-22)11-12-30-28(33)26-14-23(32)27-24(3-2-4-25(27)36-26)35-16-17-5-7-19(29)8-6-17/h2-10,13-15,31H,11-12,16H2,1H3,(H,30,33). The van der Waals surface area contributed by atoms with E-state index in [1.165, 1.54) is 18.2 Å². The molecule has 8 heteroatoms. The summed E-state index contributed by atoms with van der Waals surface area (Å²) in [6, 6.07) is 17.8. The molecule has 0 bridgehead atoms. The van der Waals surface area contributed by atoms with E-state index in [0.29, 0.717) is 18.7 Å². The van der Waals surface area contributed by atoms with E-state index in [1.807, 2.05) is 24.4 Å². The van der Waals surface area contributed by atoms with Gasteiger partial charge in [-0.2, -0.15) is 0 Å². The van der Waals surface area contributed by atoms with Crippen molar-refractivity contribution >= 4 is 27.8 Å². The lowest BCUT2D eigenvalue weighted by Crippen LogP contribution is -2.26. The average Bonchev–Trinajstić information content (AvgIpc) is 3.30. The number of hydrogen-bond donors (Lipinski definition) is 2. The number of carbonyl (C=O) groups is 1. The molecule has 0 radical (unpaired) electrons. The first-order chi connectivity index (χ1) is 17.5. The molecule has 1 amide bonds. The topological polar surface area (TPSA) is 93.6 Å². The normalized spacial score (nSPS) is 11.1. The van der Waals surface area contributed by atoms with Gasteiger partial charge in [-0.15, -0.1) is 0 Å². The zero-order valence-electron chi connectivity index (χ0n) is 19.5. The molecule has 2 N–H and O–H groups in total. The van der Waals surface area contributed by atoms with Crippen molar-refractivity contribution in [3.63, 3.8) is 0 Å². The molecule has 3 aromatic carbocycles. The summed E-state index contributed by atoms with van der Waals surface area (Å²) in [5.41, 5.74) is 2.62. The lowest BCUT2D eigenvalue weighted by Gasteiger charge is -2.10. The second-order valence-corrected chi connectivity index (χ2v) is 8.25. The Labute approximate surface area is 205 Å². The molecule has 2 aromatic heterocycles. The highest BCUT2D eigenvalue weighted by Crippen LogP contribution is 2.25. The highest BCUT2D eigenvalue weighted by molar-refractivity contribution is 5.94. The smallest absolute Gasteiger partial charge is 0.287 e. The van der Waals surface area contributed by atoms with Gasteiger partial charge in [0.2, 0.25) is 0 Å². The van der Waals surface area contributed by atoms with Crippen LogP contribution < -0.4 is 20.2 Å². The first kappa shape index (κ1) is 23.2. The molecule has 0 aliphatic heterocycles. The Morgan fingerprint density at radius 2 is 1.92 bits per heavy atom. The van der Waals surface area contributed by atoms with Crippen LogP contribution in [-0.4, -0.2) is 24.5 Å². The van der Waals surface area contributed by atoms with Crippen LogP contribution >= 0.6 is 0 Å². The minimum atomic E-state index is -0.482. The van der Waals surface area contributed by atoms with E-state index in [-0.39, 0.29) is 34.6 Å². The molecule has 0 aliphatic rings. The Balaban J connectivity index is 1.28. The molecule has 5 rings (SSSR count). The van der Waals surface area contributed by atoms with Crippen molar-refractivity contribution in [2.75, 3.05) is 13.7 Å². The van der Waals surface area contributed by atoms with Crippen LogP contribution in [0.5, 0.6) is 11.5 Å². The fraction of sp³-hybridized carbons (Fsp3) is 0.143. The van der Waals surface area contributed by atoms with Gasteiger partial charge in [0.1, 0.15) is 34.9 Å². The summed E-state index contributed by atoms with van der Waals surface area (Å²) in [4.78, 5) is 28.8. The van der Waals surface area contributed by atoms with Crippen LogP contribution in [0.2, 0.25) is 0 Å². The first-order valence-electron chi connectivity index (χ1n) is 11.4. The Hall–Kier alpha value is -4.59. The van der Waals surface area contributed by atoms with Gasteiger partial charge in [-0.25, -0.2) is 4.39 Å². The van der Waals surface area contributed by atoms with Crippen molar-refractivity contribution in [2.45, 2.75) is 13.0 Å². The number of rotatable bonds is 8. The SMILES string of the molecule is COc1ccc2[nH]cc(CCNC(=O)c3cc(=O)c4c(OCc5ccc(F)cc5)cccc4o3)c2c1. The second kappa shape index (κ2) is 9.95. The molecule has 0 saturated heterocycles.